The molecule has 26 heavy (non-hydrogen) atoms. The summed E-state index contributed by atoms with van der Waals surface area (Å²) < 4.78 is 5.34. The number of amides is 1. The second-order valence-electron chi connectivity index (χ2n) is 6.13. The maximum atomic E-state index is 12.6. The average Bonchev–Trinajstić information content (AvgIpc) is 3.12. The zero-order valence-corrected chi connectivity index (χ0v) is 15.5. The minimum Gasteiger partial charge on any atom is -0.480 e. The molecule has 1 aliphatic rings. The van der Waals surface area contributed by atoms with E-state index in [0.29, 0.717) is 19.0 Å². The summed E-state index contributed by atoms with van der Waals surface area (Å²) in [6, 6.07) is 6.09. The van der Waals surface area contributed by atoms with Crippen molar-refractivity contribution in [3.8, 4) is 5.88 Å². The largest absolute Gasteiger partial charge is 0.480 e. The Morgan fingerprint density at radius 1 is 1.15 bits per heavy atom. The van der Waals surface area contributed by atoms with Crippen molar-refractivity contribution in [2.45, 2.75) is 6.92 Å². The van der Waals surface area contributed by atoms with Crippen LogP contribution < -0.4 is 9.64 Å². The molecule has 1 fully saturated rings. The first-order chi connectivity index (χ1) is 12.7. The van der Waals surface area contributed by atoms with Gasteiger partial charge in [-0.3, -0.25) is 4.79 Å². The predicted octanol–water partition coefficient (Wildman–Crippen LogP) is 2.37. The SMILES string of the molecule is COc1ncnc2ccc(N3CCN(C(=O)c4scnc4C)CC3)cc12. The maximum Gasteiger partial charge on any atom is 0.265 e. The van der Waals surface area contributed by atoms with E-state index in [4.69, 9.17) is 4.74 Å². The third-order valence-electron chi connectivity index (χ3n) is 4.65. The van der Waals surface area contributed by atoms with Crippen molar-refractivity contribution < 1.29 is 9.53 Å². The molecule has 8 heteroatoms. The number of fused-ring (bicyclic) bond motifs is 1. The van der Waals surface area contributed by atoms with Gasteiger partial charge in [-0.05, 0) is 25.1 Å². The van der Waals surface area contributed by atoms with E-state index in [1.807, 2.05) is 17.9 Å². The van der Waals surface area contributed by atoms with Gasteiger partial charge >= 0.3 is 0 Å². The van der Waals surface area contributed by atoms with Gasteiger partial charge in [0.25, 0.3) is 5.91 Å². The lowest BCUT2D eigenvalue weighted by atomic mass is 10.2. The van der Waals surface area contributed by atoms with Crippen LogP contribution in [0.25, 0.3) is 10.9 Å². The normalized spacial score (nSPS) is 14.7. The summed E-state index contributed by atoms with van der Waals surface area (Å²) in [7, 11) is 1.61. The van der Waals surface area contributed by atoms with Crippen LogP contribution >= 0.6 is 11.3 Å². The highest BCUT2D eigenvalue weighted by Gasteiger charge is 2.24. The first-order valence-corrected chi connectivity index (χ1v) is 9.28. The van der Waals surface area contributed by atoms with Gasteiger partial charge in [-0.1, -0.05) is 0 Å². The van der Waals surface area contributed by atoms with Gasteiger partial charge in [0.05, 0.1) is 29.2 Å². The van der Waals surface area contributed by atoms with E-state index in [9.17, 15) is 4.79 Å². The van der Waals surface area contributed by atoms with Crippen LogP contribution in [0.2, 0.25) is 0 Å². The van der Waals surface area contributed by atoms with Crippen molar-refractivity contribution in [1.82, 2.24) is 19.9 Å². The minimum atomic E-state index is 0.0817. The van der Waals surface area contributed by atoms with Gasteiger partial charge in [0.15, 0.2) is 0 Å². The van der Waals surface area contributed by atoms with Crippen LogP contribution in [0.15, 0.2) is 30.0 Å². The second kappa shape index (κ2) is 6.87. The fraction of sp³-hybridized carbons (Fsp3) is 0.333. The molecule has 0 aliphatic carbocycles. The summed E-state index contributed by atoms with van der Waals surface area (Å²) in [5, 5.41) is 0.895. The fourth-order valence-electron chi connectivity index (χ4n) is 3.20. The summed E-state index contributed by atoms with van der Waals surface area (Å²) >= 11 is 1.41. The van der Waals surface area contributed by atoms with Crippen LogP contribution in [0.3, 0.4) is 0 Å². The highest BCUT2D eigenvalue weighted by Crippen LogP contribution is 2.27. The van der Waals surface area contributed by atoms with Gasteiger partial charge in [0, 0.05) is 31.9 Å². The number of ether oxygens (including phenoxy) is 1. The first kappa shape index (κ1) is 16.7. The van der Waals surface area contributed by atoms with Gasteiger partial charge in [-0.25, -0.2) is 15.0 Å². The number of nitrogens with zero attached hydrogens (tertiary/aromatic N) is 5. The molecule has 0 atom stereocenters. The first-order valence-electron chi connectivity index (χ1n) is 8.40. The summed E-state index contributed by atoms with van der Waals surface area (Å²) in [6.45, 7) is 4.83. The number of carbonyl (C=O) groups is 1. The Labute approximate surface area is 155 Å². The molecule has 0 unspecified atom stereocenters. The zero-order chi connectivity index (χ0) is 18.1. The summed E-state index contributed by atoms with van der Waals surface area (Å²) in [6.07, 6.45) is 1.51. The van der Waals surface area contributed by atoms with Crippen molar-refractivity contribution >= 4 is 33.8 Å². The topological polar surface area (TPSA) is 71.5 Å². The molecule has 7 nitrogen and oxygen atoms in total. The fourth-order valence-corrected chi connectivity index (χ4v) is 3.97. The lowest BCUT2D eigenvalue weighted by Gasteiger charge is -2.36. The molecule has 134 valence electrons. The van der Waals surface area contributed by atoms with Crippen LogP contribution in [-0.2, 0) is 0 Å². The van der Waals surface area contributed by atoms with Gasteiger partial charge < -0.3 is 14.5 Å². The van der Waals surface area contributed by atoms with Crippen molar-refractivity contribution in [2.75, 3.05) is 38.2 Å². The molecule has 1 aliphatic heterocycles. The van der Waals surface area contributed by atoms with Gasteiger partial charge in [-0.2, -0.15) is 0 Å². The number of benzene rings is 1. The molecule has 3 heterocycles. The minimum absolute atomic E-state index is 0.0817. The summed E-state index contributed by atoms with van der Waals surface area (Å²) in [5.41, 5.74) is 4.48. The van der Waals surface area contributed by atoms with Crippen molar-refractivity contribution in [3.63, 3.8) is 0 Å². The monoisotopic (exact) mass is 369 g/mol. The predicted molar refractivity (Wildman–Crippen MR) is 101 cm³/mol. The Kier molecular flexibility index (Phi) is 4.42. The van der Waals surface area contributed by atoms with E-state index in [2.05, 4.69) is 32.0 Å². The number of hydrogen-bond donors (Lipinski definition) is 0. The Hall–Kier alpha value is -2.74. The Bertz CT molecular complexity index is 950. The number of hydrogen-bond acceptors (Lipinski definition) is 7. The van der Waals surface area contributed by atoms with E-state index >= 15 is 0 Å². The Morgan fingerprint density at radius 3 is 2.65 bits per heavy atom. The van der Waals surface area contributed by atoms with Gasteiger partial charge in [0.2, 0.25) is 5.88 Å². The van der Waals surface area contributed by atoms with Crippen molar-refractivity contribution in [2.24, 2.45) is 0 Å². The van der Waals surface area contributed by atoms with E-state index in [0.717, 1.165) is 40.3 Å². The number of anilines is 1. The zero-order valence-electron chi connectivity index (χ0n) is 14.7. The standard InChI is InChI=1S/C18H19N5O2S/c1-12-16(26-11-21-12)18(24)23-7-5-22(6-8-23)13-3-4-15-14(9-13)17(25-2)20-10-19-15/h3-4,9-11H,5-8H2,1-2H3. The van der Waals surface area contributed by atoms with E-state index in [-0.39, 0.29) is 5.91 Å². The van der Waals surface area contributed by atoms with Crippen LogP contribution in [-0.4, -0.2) is 59.0 Å². The highest BCUT2D eigenvalue weighted by atomic mass is 32.1. The molecule has 0 spiro atoms. The molecular weight excluding hydrogens is 350 g/mol. The Morgan fingerprint density at radius 2 is 1.96 bits per heavy atom. The molecule has 0 saturated carbocycles. The van der Waals surface area contributed by atoms with Crippen LogP contribution in [0.5, 0.6) is 5.88 Å². The summed E-state index contributed by atoms with van der Waals surface area (Å²) in [4.78, 5) is 30.2. The lowest BCUT2D eigenvalue weighted by Crippen LogP contribution is -2.48. The molecule has 0 N–H and O–H groups in total. The average molecular weight is 369 g/mol. The molecule has 0 bridgehead atoms. The number of piperazine rings is 1. The number of carbonyl (C=O) groups excluding carboxylic acids is 1. The van der Waals surface area contributed by atoms with Crippen molar-refractivity contribution in [3.05, 3.63) is 40.6 Å². The molecule has 0 radical (unpaired) electrons. The molecule has 1 aromatic carbocycles. The Balaban J connectivity index is 1.50. The highest BCUT2D eigenvalue weighted by molar-refractivity contribution is 7.11. The number of rotatable bonds is 3. The quantitative estimate of drug-likeness (QED) is 0.706. The third kappa shape index (κ3) is 2.96. The number of aryl methyl sites for hydroxylation is 1. The summed E-state index contributed by atoms with van der Waals surface area (Å²) in [5.74, 6) is 0.657. The smallest absolute Gasteiger partial charge is 0.265 e. The molecule has 3 aromatic rings. The lowest BCUT2D eigenvalue weighted by molar-refractivity contribution is 0.0750. The number of methoxy groups -OCH3 is 1. The maximum absolute atomic E-state index is 12.6. The molecule has 4 rings (SSSR count). The van der Waals surface area contributed by atoms with Gasteiger partial charge in [-0.15, -0.1) is 11.3 Å². The van der Waals surface area contributed by atoms with Crippen LogP contribution in [0.4, 0.5) is 5.69 Å². The third-order valence-corrected chi connectivity index (χ3v) is 5.56. The number of aromatic nitrogens is 3. The molecule has 2 aromatic heterocycles. The number of thiazole rings is 1. The van der Waals surface area contributed by atoms with Crippen molar-refractivity contribution in [1.29, 1.82) is 0 Å². The van der Waals surface area contributed by atoms with Gasteiger partial charge in [0.1, 0.15) is 11.2 Å². The van der Waals surface area contributed by atoms with Crippen LogP contribution in [0.1, 0.15) is 15.4 Å². The molecule has 1 saturated heterocycles. The van der Waals surface area contributed by atoms with E-state index < -0.39 is 0 Å². The van der Waals surface area contributed by atoms with Crippen LogP contribution in [0, 0.1) is 6.92 Å². The second-order valence-corrected chi connectivity index (χ2v) is 6.99. The molecular formula is C18H19N5O2S. The van der Waals surface area contributed by atoms with E-state index in [1.165, 1.54) is 17.7 Å². The molecule has 1 amide bonds. The van der Waals surface area contributed by atoms with E-state index in [1.54, 1.807) is 12.6 Å².